The predicted molar refractivity (Wildman–Crippen MR) is 62.2 cm³/mol. The minimum absolute atomic E-state index is 0.180. The van der Waals surface area contributed by atoms with E-state index in [1.807, 2.05) is 0 Å². The summed E-state index contributed by atoms with van der Waals surface area (Å²) in [5.74, 6) is -0.789. The van der Waals surface area contributed by atoms with E-state index in [2.05, 4.69) is 16.8 Å². The third-order valence-corrected chi connectivity index (χ3v) is 3.04. The number of carbonyl (C=O) groups excluding carboxylic acids is 1. The average molecular weight is 237 g/mol. The molecule has 1 saturated heterocycles. The van der Waals surface area contributed by atoms with E-state index in [9.17, 15) is 9.18 Å². The lowest BCUT2D eigenvalue weighted by atomic mass is 10.2. The number of hydrogen-bond donors (Lipinski definition) is 0. The van der Waals surface area contributed by atoms with Crippen LogP contribution in [0, 0.1) is 5.95 Å². The van der Waals surface area contributed by atoms with Crippen LogP contribution in [0.4, 0.5) is 4.39 Å². The number of nitrogens with zero attached hydrogens (tertiary/aromatic N) is 3. The van der Waals surface area contributed by atoms with Crippen LogP contribution in [0.5, 0.6) is 0 Å². The van der Waals surface area contributed by atoms with E-state index in [0.29, 0.717) is 13.1 Å². The Kier molecular flexibility index (Phi) is 3.68. The van der Waals surface area contributed by atoms with Crippen molar-refractivity contribution in [1.82, 2.24) is 14.8 Å². The van der Waals surface area contributed by atoms with Crippen molar-refractivity contribution in [2.45, 2.75) is 6.92 Å². The highest BCUT2D eigenvalue weighted by Gasteiger charge is 2.22. The van der Waals surface area contributed by atoms with E-state index >= 15 is 0 Å². The molecule has 2 heterocycles. The van der Waals surface area contributed by atoms with Crippen LogP contribution in [0.2, 0.25) is 0 Å². The monoisotopic (exact) mass is 237 g/mol. The maximum absolute atomic E-state index is 12.9. The first-order chi connectivity index (χ1) is 8.20. The van der Waals surface area contributed by atoms with Gasteiger partial charge in [0, 0.05) is 26.2 Å². The second kappa shape index (κ2) is 5.23. The first-order valence-electron chi connectivity index (χ1n) is 5.85. The van der Waals surface area contributed by atoms with Crippen molar-refractivity contribution >= 4 is 5.91 Å². The average Bonchev–Trinajstić information content (AvgIpc) is 2.38. The molecule has 1 fully saturated rings. The number of rotatable bonds is 2. The van der Waals surface area contributed by atoms with E-state index in [-0.39, 0.29) is 11.6 Å². The molecule has 92 valence electrons. The summed E-state index contributed by atoms with van der Waals surface area (Å²) in [7, 11) is 0. The zero-order valence-corrected chi connectivity index (χ0v) is 9.90. The van der Waals surface area contributed by atoms with Crippen molar-refractivity contribution in [2.24, 2.45) is 0 Å². The number of hydrogen-bond acceptors (Lipinski definition) is 3. The van der Waals surface area contributed by atoms with Crippen molar-refractivity contribution < 1.29 is 9.18 Å². The van der Waals surface area contributed by atoms with Gasteiger partial charge in [-0.15, -0.1) is 0 Å². The molecule has 0 N–H and O–H groups in total. The van der Waals surface area contributed by atoms with Gasteiger partial charge in [0.2, 0.25) is 5.95 Å². The number of carbonyl (C=O) groups is 1. The molecule has 2 rings (SSSR count). The van der Waals surface area contributed by atoms with E-state index < -0.39 is 5.95 Å². The smallest absolute Gasteiger partial charge is 0.272 e. The van der Waals surface area contributed by atoms with E-state index in [1.165, 1.54) is 12.1 Å². The molecule has 0 unspecified atom stereocenters. The van der Waals surface area contributed by atoms with E-state index in [0.717, 1.165) is 19.6 Å². The van der Waals surface area contributed by atoms with E-state index in [1.54, 1.807) is 11.0 Å². The third kappa shape index (κ3) is 2.79. The Bertz CT molecular complexity index is 402. The molecule has 1 aliphatic heterocycles. The number of pyridine rings is 1. The van der Waals surface area contributed by atoms with Crippen molar-refractivity contribution in [2.75, 3.05) is 32.7 Å². The van der Waals surface area contributed by atoms with Crippen molar-refractivity contribution in [3.05, 3.63) is 29.8 Å². The lowest BCUT2D eigenvalue weighted by Crippen LogP contribution is -2.48. The number of likely N-dealkylation sites (N-methyl/N-ethyl adjacent to an activating group) is 1. The SMILES string of the molecule is CCN1CCN(C(=O)c2cccc(F)n2)CC1. The van der Waals surface area contributed by atoms with E-state index in [4.69, 9.17) is 0 Å². The second-order valence-corrected chi connectivity index (χ2v) is 4.07. The molecule has 0 bridgehead atoms. The summed E-state index contributed by atoms with van der Waals surface area (Å²) in [6.07, 6.45) is 0. The highest BCUT2D eigenvalue weighted by atomic mass is 19.1. The molecule has 1 aromatic rings. The lowest BCUT2D eigenvalue weighted by Gasteiger charge is -2.33. The van der Waals surface area contributed by atoms with Gasteiger partial charge in [0.05, 0.1) is 0 Å². The normalized spacial score (nSPS) is 17.2. The molecular weight excluding hydrogens is 221 g/mol. The number of amides is 1. The second-order valence-electron chi connectivity index (χ2n) is 4.07. The maximum Gasteiger partial charge on any atom is 0.272 e. The fourth-order valence-electron chi connectivity index (χ4n) is 1.96. The summed E-state index contributed by atoms with van der Waals surface area (Å²) in [5.41, 5.74) is 0.190. The Hall–Kier alpha value is -1.49. The van der Waals surface area contributed by atoms with Gasteiger partial charge >= 0.3 is 0 Å². The largest absolute Gasteiger partial charge is 0.335 e. The highest BCUT2D eigenvalue weighted by molar-refractivity contribution is 5.92. The summed E-state index contributed by atoms with van der Waals surface area (Å²) < 4.78 is 12.9. The van der Waals surface area contributed by atoms with Gasteiger partial charge in [-0.3, -0.25) is 4.79 Å². The molecule has 0 aromatic carbocycles. The summed E-state index contributed by atoms with van der Waals surface area (Å²) in [6.45, 7) is 6.22. The van der Waals surface area contributed by atoms with Gasteiger partial charge < -0.3 is 9.80 Å². The standard InChI is InChI=1S/C12H16FN3O/c1-2-15-6-8-16(9-7-15)12(17)10-4-3-5-11(13)14-10/h3-5H,2,6-9H2,1H3. The Morgan fingerprint density at radius 1 is 1.35 bits per heavy atom. The van der Waals surface area contributed by atoms with Crippen LogP contribution < -0.4 is 0 Å². The molecule has 0 radical (unpaired) electrons. The van der Waals surface area contributed by atoms with Crippen molar-refractivity contribution in [3.63, 3.8) is 0 Å². The van der Waals surface area contributed by atoms with Crippen LogP contribution in [0.15, 0.2) is 18.2 Å². The first kappa shape index (κ1) is 12.0. The van der Waals surface area contributed by atoms with Crippen LogP contribution in [-0.2, 0) is 0 Å². The van der Waals surface area contributed by atoms with Crippen LogP contribution in [-0.4, -0.2) is 53.4 Å². The van der Waals surface area contributed by atoms with Crippen LogP contribution >= 0.6 is 0 Å². The fourth-order valence-corrected chi connectivity index (χ4v) is 1.96. The summed E-state index contributed by atoms with van der Waals surface area (Å²) in [4.78, 5) is 19.7. The molecule has 17 heavy (non-hydrogen) atoms. The van der Waals surface area contributed by atoms with Crippen molar-refractivity contribution in [3.8, 4) is 0 Å². The van der Waals surface area contributed by atoms with Gasteiger partial charge in [-0.1, -0.05) is 13.0 Å². The molecule has 1 amide bonds. The molecule has 1 aromatic heterocycles. The highest BCUT2D eigenvalue weighted by Crippen LogP contribution is 2.07. The van der Waals surface area contributed by atoms with Gasteiger partial charge in [-0.05, 0) is 18.7 Å². The zero-order chi connectivity index (χ0) is 12.3. The molecule has 0 aliphatic carbocycles. The van der Waals surface area contributed by atoms with Gasteiger partial charge in [0.15, 0.2) is 0 Å². The molecule has 0 spiro atoms. The van der Waals surface area contributed by atoms with Gasteiger partial charge in [0.25, 0.3) is 5.91 Å². The van der Waals surface area contributed by atoms with Crippen LogP contribution in [0.3, 0.4) is 0 Å². The molecule has 1 aliphatic rings. The fraction of sp³-hybridized carbons (Fsp3) is 0.500. The molecule has 5 heteroatoms. The Morgan fingerprint density at radius 2 is 2.06 bits per heavy atom. The van der Waals surface area contributed by atoms with Gasteiger partial charge in [-0.2, -0.15) is 4.39 Å². The van der Waals surface area contributed by atoms with Gasteiger partial charge in [-0.25, -0.2) is 4.98 Å². The zero-order valence-electron chi connectivity index (χ0n) is 9.90. The summed E-state index contributed by atoms with van der Waals surface area (Å²) in [6, 6.07) is 4.31. The Morgan fingerprint density at radius 3 is 2.65 bits per heavy atom. The topological polar surface area (TPSA) is 36.4 Å². The Balaban J connectivity index is 2.02. The summed E-state index contributed by atoms with van der Waals surface area (Å²) in [5, 5.41) is 0. The molecule has 4 nitrogen and oxygen atoms in total. The predicted octanol–water partition coefficient (Wildman–Crippen LogP) is 0.998. The molecule has 0 saturated carbocycles. The molecular formula is C12H16FN3O. The Labute approximate surface area is 100 Å². The number of halogens is 1. The minimum atomic E-state index is -0.608. The first-order valence-corrected chi connectivity index (χ1v) is 5.85. The lowest BCUT2D eigenvalue weighted by molar-refractivity contribution is 0.0636. The number of aromatic nitrogens is 1. The molecule has 0 atom stereocenters. The maximum atomic E-state index is 12.9. The van der Waals surface area contributed by atoms with Crippen LogP contribution in [0.1, 0.15) is 17.4 Å². The quantitative estimate of drug-likeness (QED) is 0.720. The minimum Gasteiger partial charge on any atom is -0.335 e. The van der Waals surface area contributed by atoms with Gasteiger partial charge in [0.1, 0.15) is 5.69 Å². The van der Waals surface area contributed by atoms with Crippen LogP contribution in [0.25, 0.3) is 0 Å². The number of piperazine rings is 1. The summed E-state index contributed by atoms with van der Waals surface area (Å²) >= 11 is 0. The van der Waals surface area contributed by atoms with Crippen molar-refractivity contribution in [1.29, 1.82) is 0 Å². The third-order valence-electron chi connectivity index (χ3n) is 3.04.